The molecule has 0 unspecified atom stereocenters. The highest BCUT2D eigenvalue weighted by molar-refractivity contribution is 6.76. The number of halogens is 1. The molecular formula is C36H53FN6O7Si. The van der Waals surface area contributed by atoms with Crippen LogP contribution in [0, 0.1) is 11.7 Å². The van der Waals surface area contributed by atoms with Crippen LogP contribution in [0.5, 0.6) is 0 Å². The van der Waals surface area contributed by atoms with E-state index in [-0.39, 0.29) is 56.8 Å². The number of ether oxygens (including phenoxy) is 3. The third-order valence-electron chi connectivity index (χ3n) is 7.95. The van der Waals surface area contributed by atoms with E-state index in [0.717, 1.165) is 6.04 Å². The van der Waals surface area contributed by atoms with Crippen molar-refractivity contribution in [3.05, 3.63) is 70.2 Å². The van der Waals surface area contributed by atoms with Gasteiger partial charge in [-0.15, -0.1) is 0 Å². The molecule has 3 aromatic heterocycles. The van der Waals surface area contributed by atoms with Crippen LogP contribution in [-0.4, -0.2) is 92.1 Å². The molecule has 0 radical (unpaired) electrons. The predicted molar refractivity (Wildman–Crippen MR) is 198 cm³/mol. The fourth-order valence-corrected chi connectivity index (χ4v) is 5.91. The second kappa shape index (κ2) is 19.3. The molecule has 0 aliphatic heterocycles. The third-order valence-corrected chi connectivity index (χ3v) is 9.65. The number of hydrogen-bond donors (Lipinski definition) is 2. The van der Waals surface area contributed by atoms with Gasteiger partial charge in [-0.25, -0.2) is 9.18 Å². The Morgan fingerprint density at radius 2 is 1.88 bits per heavy atom. The first kappa shape index (κ1) is 41.1. The molecule has 3 amide bonds. The molecule has 0 aliphatic carbocycles. The Balaban J connectivity index is 1.90. The molecule has 51 heavy (non-hydrogen) atoms. The van der Waals surface area contributed by atoms with Crippen LogP contribution in [0.15, 0.2) is 47.5 Å². The smallest absolute Gasteiger partial charge is 0.407 e. The number of nitrogens with zero attached hydrogens (tertiary/aromatic N) is 4. The van der Waals surface area contributed by atoms with Gasteiger partial charge in [0.25, 0.3) is 5.56 Å². The van der Waals surface area contributed by atoms with E-state index < -0.39 is 37.5 Å². The van der Waals surface area contributed by atoms with E-state index in [0.29, 0.717) is 35.3 Å². The number of anilines is 1. The topological polar surface area (TPSA) is 146 Å². The quantitative estimate of drug-likeness (QED) is 0.0997. The summed E-state index contributed by atoms with van der Waals surface area (Å²) in [5.41, 5.74) is 1.98. The number of amides is 3. The van der Waals surface area contributed by atoms with Crippen molar-refractivity contribution in [1.29, 1.82) is 0 Å². The molecule has 280 valence electrons. The summed E-state index contributed by atoms with van der Waals surface area (Å²) in [6.07, 6.45) is 5.91. The van der Waals surface area contributed by atoms with Crippen LogP contribution in [0.2, 0.25) is 25.7 Å². The van der Waals surface area contributed by atoms with Gasteiger partial charge in [0.1, 0.15) is 30.9 Å². The van der Waals surface area contributed by atoms with E-state index >= 15 is 4.39 Å². The number of alkyl carbamates (subject to hydrolysis) is 1. The van der Waals surface area contributed by atoms with Gasteiger partial charge in [-0.2, -0.15) is 0 Å². The molecule has 15 heteroatoms. The summed E-state index contributed by atoms with van der Waals surface area (Å²) >= 11 is 0. The van der Waals surface area contributed by atoms with Crippen molar-refractivity contribution in [1.82, 2.24) is 24.3 Å². The Hall–Kier alpha value is -4.34. The van der Waals surface area contributed by atoms with Crippen LogP contribution >= 0.6 is 0 Å². The van der Waals surface area contributed by atoms with Gasteiger partial charge in [-0.05, 0) is 55.5 Å². The minimum atomic E-state index is -1.36. The molecule has 0 spiro atoms. The van der Waals surface area contributed by atoms with Gasteiger partial charge in [0.15, 0.2) is 0 Å². The number of aromatic nitrogens is 3. The Morgan fingerprint density at radius 1 is 1.14 bits per heavy atom. The number of nitrogens with one attached hydrogen (secondary N) is 2. The third kappa shape index (κ3) is 12.7. The number of fused-ring (bicyclic) bond motifs is 1. The Labute approximate surface area is 300 Å². The van der Waals surface area contributed by atoms with Gasteiger partial charge < -0.3 is 38.9 Å². The van der Waals surface area contributed by atoms with Crippen LogP contribution < -0.4 is 16.2 Å². The number of likely N-dealkylation sites (N-methyl/N-ethyl adjacent to an activating group) is 1. The maximum Gasteiger partial charge on any atom is 0.407 e. The van der Waals surface area contributed by atoms with Crippen molar-refractivity contribution in [3.8, 4) is 0 Å². The summed E-state index contributed by atoms with van der Waals surface area (Å²) in [4.78, 5) is 57.4. The van der Waals surface area contributed by atoms with E-state index in [4.69, 9.17) is 14.2 Å². The molecular weight excluding hydrogens is 676 g/mol. The minimum Gasteiger partial charge on any atom is -0.447 e. The number of hydrogen-bond acceptors (Lipinski definition) is 8. The lowest BCUT2D eigenvalue weighted by Crippen LogP contribution is -2.45. The van der Waals surface area contributed by atoms with Crippen molar-refractivity contribution in [2.75, 3.05) is 46.3 Å². The lowest BCUT2D eigenvalue weighted by molar-refractivity contribution is -0.123. The van der Waals surface area contributed by atoms with E-state index in [1.165, 1.54) is 34.9 Å². The number of pyridine rings is 2. The molecule has 0 fully saturated rings. The van der Waals surface area contributed by atoms with E-state index in [1.807, 2.05) is 24.5 Å². The van der Waals surface area contributed by atoms with E-state index in [2.05, 4.69) is 35.3 Å². The Bertz CT molecular complexity index is 1730. The molecule has 3 rings (SSSR count). The van der Waals surface area contributed by atoms with Gasteiger partial charge in [-0.1, -0.05) is 39.6 Å². The monoisotopic (exact) mass is 728 g/mol. The summed E-state index contributed by atoms with van der Waals surface area (Å²) in [5.74, 6) is -1.06. The molecule has 0 bridgehead atoms. The average molecular weight is 729 g/mol. The molecule has 0 saturated carbocycles. The molecule has 1 atom stereocenters. The van der Waals surface area contributed by atoms with Crippen molar-refractivity contribution in [3.63, 3.8) is 0 Å². The summed E-state index contributed by atoms with van der Waals surface area (Å²) < 4.78 is 34.6. The predicted octanol–water partition coefficient (Wildman–Crippen LogP) is 5.00. The molecule has 13 nitrogen and oxygen atoms in total. The molecule has 0 aliphatic rings. The first-order chi connectivity index (χ1) is 24.1. The fraction of sp³-hybridized carbons (Fsp3) is 0.528. The van der Waals surface area contributed by atoms with Crippen LogP contribution in [-0.2, 0) is 43.5 Å². The highest BCUT2D eigenvalue weighted by Gasteiger charge is 2.23. The standard InChI is InChI=1S/C36H53FN6O7Si/c1-25(2)20-27-28(37)22-38-31-21-26(43(33(27)31)24-49-18-19-51(6,7)8)23-42-15-11-13-30(35(42)46)39-34(45)29(40-36(47)50-17-16-48-5)12-9-10-14-32(44)41(3)4/h10-11,13-15,21-22,25,29H,9,12,16-20,23-24H2,1-8H3,(H,39,45)(H,40,47)/b14-10+/t29-/m0/s1. The van der Waals surface area contributed by atoms with Gasteiger partial charge in [0, 0.05) is 53.3 Å². The zero-order valence-electron chi connectivity index (χ0n) is 31.1. The maximum atomic E-state index is 15.2. The number of rotatable bonds is 19. The summed E-state index contributed by atoms with van der Waals surface area (Å²) in [7, 11) is 3.35. The molecule has 0 saturated heterocycles. The molecule has 3 aromatic rings. The SMILES string of the molecule is COCCOC(=O)N[C@@H](CC/C=C/C(=O)N(C)C)C(=O)Nc1cccn(Cc2cc3ncc(F)c(CC(C)C)c3n2COCC[Si](C)(C)C)c1=O. The highest BCUT2D eigenvalue weighted by atomic mass is 28.3. The zero-order chi connectivity index (χ0) is 37.7. The fourth-order valence-electron chi connectivity index (χ4n) is 5.15. The van der Waals surface area contributed by atoms with Crippen LogP contribution in [0.25, 0.3) is 11.0 Å². The van der Waals surface area contributed by atoms with E-state index in [1.54, 1.807) is 32.4 Å². The number of carbonyl (C=O) groups is 3. The maximum absolute atomic E-state index is 15.2. The van der Waals surface area contributed by atoms with Crippen molar-refractivity contribution in [2.24, 2.45) is 5.92 Å². The first-order valence-electron chi connectivity index (χ1n) is 17.1. The van der Waals surface area contributed by atoms with Crippen molar-refractivity contribution >= 4 is 42.7 Å². The first-order valence-corrected chi connectivity index (χ1v) is 20.9. The minimum absolute atomic E-state index is 0.000841. The normalized spacial score (nSPS) is 12.4. The Morgan fingerprint density at radius 3 is 2.55 bits per heavy atom. The van der Waals surface area contributed by atoms with Gasteiger partial charge in [0.2, 0.25) is 11.8 Å². The molecule has 3 heterocycles. The number of methoxy groups -OCH3 is 1. The number of allylic oxidation sites excluding steroid dienone is 1. The van der Waals surface area contributed by atoms with Gasteiger partial charge in [0.05, 0.1) is 30.4 Å². The second-order valence-corrected chi connectivity index (χ2v) is 19.8. The average Bonchev–Trinajstić information content (AvgIpc) is 3.40. The highest BCUT2D eigenvalue weighted by Crippen LogP contribution is 2.27. The summed E-state index contributed by atoms with van der Waals surface area (Å²) in [5, 5.41) is 5.20. The summed E-state index contributed by atoms with van der Waals surface area (Å²) in [6.45, 7) is 11.8. The number of carbonyl (C=O) groups excluding carboxylic acids is 3. The molecule has 0 aromatic carbocycles. The summed E-state index contributed by atoms with van der Waals surface area (Å²) in [6, 6.07) is 4.82. The Kier molecular flexibility index (Phi) is 15.6. The second-order valence-electron chi connectivity index (χ2n) is 14.2. The van der Waals surface area contributed by atoms with Gasteiger partial charge in [-0.3, -0.25) is 19.4 Å². The van der Waals surface area contributed by atoms with Crippen LogP contribution in [0.3, 0.4) is 0 Å². The van der Waals surface area contributed by atoms with E-state index in [9.17, 15) is 19.2 Å². The van der Waals surface area contributed by atoms with Crippen LogP contribution in [0.1, 0.15) is 37.9 Å². The van der Waals surface area contributed by atoms with Crippen molar-refractivity contribution < 1.29 is 33.0 Å². The van der Waals surface area contributed by atoms with Gasteiger partial charge >= 0.3 is 6.09 Å². The van der Waals surface area contributed by atoms with Crippen LogP contribution in [0.4, 0.5) is 14.9 Å². The largest absolute Gasteiger partial charge is 0.447 e. The zero-order valence-corrected chi connectivity index (χ0v) is 32.1. The lowest BCUT2D eigenvalue weighted by atomic mass is 10.0. The van der Waals surface area contributed by atoms with Crippen molar-refractivity contribution in [2.45, 2.75) is 78.1 Å². The lowest BCUT2D eigenvalue weighted by Gasteiger charge is -2.19. The molecule has 2 N–H and O–H groups in total.